The zero-order chi connectivity index (χ0) is 28.4. The number of aliphatic hydroxyl groups is 3. The molecule has 4 N–H and O–H groups in total. The normalized spacial score (nSPS) is 46.8. The third-order valence-corrected chi connectivity index (χ3v) is 11.8. The molecule has 0 aromatic heterocycles. The van der Waals surface area contributed by atoms with E-state index in [1.165, 1.54) is 19.9 Å². The van der Waals surface area contributed by atoms with Crippen molar-refractivity contribution >= 4 is 17.5 Å². The van der Waals surface area contributed by atoms with Gasteiger partial charge in [-0.15, -0.1) is 0 Å². The number of rotatable bonds is 6. The lowest BCUT2D eigenvalue weighted by Gasteiger charge is -2.62. The number of hydrogen-bond acceptors (Lipinski definition) is 7. The molecule has 1 unspecified atom stereocenters. The molecule has 8 nitrogen and oxygen atoms in total. The summed E-state index contributed by atoms with van der Waals surface area (Å²) in [6.07, 6.45) is 2.83. The van der Waals surface area contributed by atoms with Crippen LogP contribution in [-0.4, -0.2) is 67.5 Å². The molecule has 0 amide bonds. The molecule has 4 aliphatic carbocycles. The highest BCUT2D eigenvalue weighted by molar-refractivity contribution is 6.02. The van der Waals surface area contributed by atoms with E-state index in [9.17, 15) is 34.8 Å². The van der Waals surface area contributed by atoms with E-state index in [-0.39, 0.29) is 41.6 Å². The number of allylic oxidation sites excluding steroid dienone is 1. The molecule has 5 aliphatic rings. The Kier molecular flexibility index (Phi) is 5.73. The first-order valence-corrected chi connectivity index (χ1v) is 13.8. The first-order chi connectivity index (χ1) is 17.3. The maximum absolute atomic E-state index is 14.2. The van der Waals surface area contributed by atoms with E-state index in [0.29, 0.717) is 19.3 Å². The van der Waals surface area contributed by atoms with Crippen LogP contribution in [0.5, 0.6) is 0 Å². The van der Waals surface area contributed by atoms with Crippen LogP contribution < -0.4 is 0 Å². The highest BCUT2D eigenvalue weighted by Gasteiger charge is 2.85. The third-order valence-electron chi connectivity index (χ3n) is 11.8. The molecule has 8 heteroatoms. The summed E-state index contributed by atoms with van der Waals surface area (Å²) in [6.45, 7) is 12.8. The van der Waals surface area contributed by atoms with Gasteiger partial charge in [-0.05, 0) is 67.1 Å². The Hall–Kier alpha value is -1.87. The maximum Gasteiger partial charge on any atom is 0.306 e. The maximum atomic E-state index is 14.2. The highest BCUT2D eigenvalue weighted by Crippen LogP contribution is 2.79. The Balaban J connectivity index is 1.57. The molecular weight excluding hydrogens is 488 g/mol. The van der Waals surface area contributed by atoms with Crippen molar-refractivity contribution in [3.8, 4) is 0 Å². The molecule has 1 saturated heterocycles. The Morgan fingerprint density at radius 3 is 2.42 bits per heavy atom. The average molecular weight is 531 g/mol. The number of aliphatic carboxylic acids is 1. The first-order valence-electron chi connectivity index (χ1n) is 13.8. The minimum absolute atomic E-state index is 0.0920. The minimum Gasteiger partial charge on any atom is -0.481 e. The number of carboxylic acids is 1. The van der Waals surface area contributed by atoms with Crippen LogP contribution in [0.25, 0.3) is 0 Å². The van der Waals surface area contributed by atoms with E-state index in [2.05, 4.69) is 20.8 Å². The lowest BCUT2D eigenvalue weighted by Crippen LogP contribution is -2.66. The SMILES string of the molecule is CC(CC(=O)C[C@](C)(O)C1=C[C@@H](O)[C@]2(C)[C@]1(C)C(=O)C=C1[C@]23O[C@H]3C[C@H]2C(C)(C)[C@@H](O)CC[C@]12C)C(=O)O. The van der Waals surface area contributed by atoms with Crippen molar-refractivity contribution in [2.45, 2.75) is 110 Å². The van der Waals surface area contributed by atoms with Gasteiger partial charge < -0.3 is 25.2 Å². The standard InChI is InChI=1S/C30H42O8/c1-15(24(35)36)10-16(31)14-27(5,37)19-12-22(34)29(7)28(19,6)21(33)11-18-26(4)9-8-20(32)25(2,3)17(26)13-23-30(18,29)38-23/h11-12,15,17,20,22-23,32,34,37H,8-10,13-14H2,1-7H3,(H,35,36)/t15?,17-,20-,22+,23-,26-,27-,28-,29+,30+/m0/s1. The van der Waals surface area contributed by atoms with Gasteiger partial charge in [0.25, 0.3) is 0 Å². The summed E-state index contributed by atoms with van der Waals surface area (Å²) in [4.78, 5) is 38.2. The number of carbonyl (C=O) groups excluding carboxylic acids is 2. The van der Waals surface area contributed by atoms with Gasteiger partial charge in [0.2, 0.25) is 0 Å². The topological polar surface area (TPSA) is 145 Å². The third kappa shape index (κ3) is 3.09. The van der Waals surface area contributed by atoms with Crippen LogP contribution in [0.4, 0.5) is 0 Å². The second-order valence-electron chi connectivity index (χ2n) is 14.1. The molecule has 0 aromatic carbocycles. The number of epoxide rings is 1. The lowest BCUT2D eigenvalue weighted by atomic mass is 9.40. The number of ketones is 2. The van der Waals surface area contributed by atoms with E-state index < -0.39 is 57.3 Å². The van der Waals surface area contributed by atoms with Crippen LogP contribution in [0, 0.1) is 33.5 Å². The lowest BCUT2D eigenvalue weighted by molar-refractivity contribution is -0.146. The van der Waals surface area contributed by atoms with Gasteiger partial charge in [0.15, 0.2) is 5.78 Å². The molecule has 38 heavy (non-hydrogen) atoms. The molecule has 10 atom stereocenters. The molecular formula is C30H42O8. The zero-order valence-electron chi connectivity index (χ0n) is 23.5. The summed E-state index contributed by atoms with van der Waals surface area (Å²) in [5.74, 6) is -2.55. The summed E-state index contributed by atoms with van der Waals surface area (Å²) >= 11 is 0. The monoisotopic (exact) mass is 530 g/mol. The Morgan fingerprint density at radius 2 is 1.82 bits per heavy atom. The van der Waals surface area contributed by atoms with Gasteiger partial charge in [-0.2, -0.15) is 0 Å². The summed E-state index contributed by atoms with van der Waals surface area (Å²) in [5.41, 5.74) is -4.70. The number of Topliss-reactive ketones (excluding diaryl/α,β-unsaturated/α-hetero) is 1. The number of hydrogen-bond donors (Lipinski definition) is 4. The number of carboxylic acid groups (broad SMARTS) is 1. The van der Waals surface area contributed by atoms with Crippen molar-refractivity contribution in [2.24, 2.45) is 33.5 Å². The van der Waals surface area contributed by atoms with E-state index in [1.807, 2.05) is 6.92 Å². The van der Waals surface area contributed by atoms with Crippen LogP contribution in [0.1, 0.15) is 80.6 Å². The largest absolute Gasteiger partial charge is 0.481 e. The minimum atomic E-state index is -1.76. The predicted octanol–water partition coefficient (Wildman–Crippen LogP) is 2.97. The summed E-state index contributed by atoms with van der Waals surface area (Å²) in [7, 11) is 0. The fraction of sp³-hybridized carbons (Fsp3) is 0.767. The van der Waals surface area contributed by atoms with Gasteiger partial charge in [0.05, 0.1) is 35.2 Å². The predicted molar refractivity (Wildman–Crippen MR) is 138 cm³/mol. The smallest absolute Gasteiger partial charge is 0.306 e. The van der Waals surface area contributed by atoms with E-state index in [0.717, 1.165) is 5.57 Å². The molecule has 0 radical (unpaired) electrons. The molecule has 2 saturated carbocycles. The van der Waals surface area contributed by atoms with Gasteiger partial charge in [0.1, 0.15) is 11.4 Å². The van der Waals surface area contributed by atoms with Crippen molar-refractivity contribution in [1.29, 1.82) is 0 Å². The summed E-state index contributed by atoms with van der Waals surface area (Å²) < 4.78 is 6.57. The first kappa shape index (κ1) is 27.7. The molecule has 210 valence electrons. The van der Waals surface area contributed by atoms with Crippen LogP contribution in [-0.2, 0) is 19.1 Å². The molecule has 3 fully saturated rings. The van der Waals surface area contributed by atoms with Gasteiger partial charge in [-0.25, -0.2) is 0 Å². The molecule has 1 aliphatic heterocycles. The molecule has 1 spiro atoms. The van der Waals surface area contributed by atoms with Gasteiger partial charge in [0, 0.05) is 18.3 Å². The second kappa shape index (κ2) is 7.87. The highest BCUT2D eigenvalue weighted by atomic mass is 16.6. The summed E-state index contributed by atoms with van der Waals surface area (Å²) in [6, 6.07) is 0. The number of ether oxygens (including phenoxy) is 1. The van der Waals surface area contributed by atoms with Crippen molar-refractivity contribution in [3.63, 3.8) is 0 Å². The van der Waals surface area contributed by atoms with Gasteiger partial charge >= 0.3 is 5.97 Å². The van der Waals surface area contributed by atoms with Crippen molar-refractivity contribution in [1.82, 2.24) is 0 Å². The van der Waals surface area contributed by atoms with E-state index in [1.54, 1.807) is 13.0 Å². The zero-order valence-corrected chi connectivity index (χ0v) is 23.5. The average Bonchev–Trinajstić information content (AvgIpc) is 3.48. The Morgan fingerprint density at radius 1 is 1.18 bits per heavy atom. The molecule has 1 heterocycles. The van der Waals surface area contributed by atoms with Gasteiger partial charge in [-0.1, -0.05) is 40.7 Å². The van der Waals surface area contributed by atoms with Crippen molar-refractivity contribution in [3.05, 3.63) is 23.3 Å². The molecule has 0 aromatic rings. The molecule has 5 rings (SSSR count). The van der Waals surface area contributed by atoms with E-state index in [4.69, 9.17) is 4.74 Å². The Labute approximate surface area is 224 Å². The fourth-order valence-electron chi connectivity index (χ4n) is 9.23. The number of carbonyl (C=O) groups is 3. The number of aliphatic hydroxyl groups excluding tert-OH is 2. The van der Waals surface area contributed by atoms with E-state index >= 15 is 0 Å². The Bertz CT molecular complexity index is 1180. The van der Waals surface area contributed by atoms with Crippen molar-refractivity contribution < 1.29 is 39.5 Å². The quantitative estimate of drug-likeness (QED) is 0.303. The summed E-state index contributed by atoms with van der Waals surface area (Å²) in [5, 5.41) is 43.3. The second-order valence-corrected chi connectivity index (χ2v) is 14.1. The van der Waals surface area contributed by atoms with Crippen LogP contribution in [0.15, 0.2) is 23.3 Å². The number of fused-ring (bicyclic) bond motifs is 3. The van der Waals surface area contributed by atoms with Crippen LogP contribution >= 0.6 is 0 Å². The van der Waals surface area contributed by atoms with Crippen LogP contribution in [0.2, 0.25) is 0 Å². The van der Waals surface area contributed by atoms with Crippen molar-refractivity contribution in [2.75, 3.05) is 0 Å². The van der Waals surface area contributed by atoms with Gasteiger partial charge in [-0.3, -0.25) is 14.4 Å². The fourth-order valence-corrected chi connectivity index (χ4v) is 9.23. The van der Waals surface area contributed by atoms with Crippen LogP contribution in [0.3, 0.4) is 0 Å². The molecule has 0 bridgehead atoms.